The van der Waals surface area contributed by atoms with Crippen molar-refractivity contribution < 1.29 is 9.59 Å². The van der Waals surface area contributed by atoms with Crippen LogP contribution < -0.4 is 0 Å². The smallest absolute Gasteiger partial charge is 0.292 e. The van der Waals surface area contributed by atoms with Gasteiger partial charge in [-0.2, -0.15) is 0 Å². The van der Waals surface area contributed by atoms with E-state index >= 15 is 0 Å². The van der Waals surface area contributed by atoms with Crippen molar-refractivity contribution in [2.75, 3.05) is 6.54 Å². The number of nitrogens with zero attached hydrogens (tertiary/aromatic N) is 1. The summed E-state index contributed by atoms with van der Waals surface area (Å²) in [7, 11) is 0. The number of Topliss-reactive ketones (excluding diaryl/α,β-unsaturated/α-hetero) is 1. The molecule has 1 fully saturated rings. The van der Waals surface area contributed by atoms with Gasteiger partial charge in [0.15, 0.2) is 0 Å². The van der Waals surface area contributed by atoms with Crippen LogP contribution >= 0.6 is 0 Å². The van der Waals surface area contributed by atoms with Gasteiger partial charge in [-0.1, -0.05) is 42.5 Å². The van der Waals surface area contributed by atoms with E-state index in [9.17, 15) is 9.59 Å². The Kier molecular flexibility index (Phi) is 2.40. The molecule has 18 heavy (non-hydrogen) atoms. The number of benzene rings is 2. The molecule has 0 N–H and O–H groups in total. The first-order valence-corrected chi connectivity index (χ1v) is 6.00. The molecule has 1 aliphatic heterocycles. The van der Waals surface area contributed by atoms with E-state index in [1.54, 1.807) is 4.90 Å². The van der Waals surface area contributed by atoms with Crippen LogP contribution in [0.4, 0.5) is 0 Å². The summed E-state index contributed by atoms with van der Waals surface area (Å²) in [5.74, 6) is -0.655. The Morgan fingerprint density at radius 3 is 2.50 bits per heavy atom. The Morgan fingerprint density at radius 2 is 1.78 bits per heavy atom. The van der Waals surface area contributed by atoms with Gasteiger partial charge in [0.1, 0.15) is 0 Å². The number of rotatable bonds is 2. The van der Waals surface area contributed by atoms with Gasteiger partial charge in [0.05, 0.1) is 12.6 Å². The average molecular weight is 239 g/mol. The molecule has 1 atom stereocenters. The third-order valence-corrected chi connectivity index (χ3v) is 3.55. The predicted octanol–water partition coefficient (Wildman–Crippen LogP) is 2.31. The molecule has 2 aromatic rings. The summed E-state index contributed by atoms with van der Waals surface area (Å²) in [6, 6.07) is 14.1. The molecule has 1 heterocycles. The van der Waals surface area contributed by atoms with E-state index in [-0.39, 0.29) is 24.3 Å². The van der Waals surface area contributed by atoms with Crippen molar-refractivity contribution in [1.29, 1.82) is 0 Å². The third kappa shape index (κ3) is 1.51. The highest BCUT2D eigenvalue weighted by Crippen LogP contribution is 2.30. The molecule has 0 saturated carbocycles. The minimum absolute atomic E-state index is 0.0544. The summed E-state index contributed by atoms with van der Waals surface area (Å²) in [5, 5.41) is 2.29. The zero-order chi connectivity index (χ0) is 12.7. The second-order valence-corrected chi connectivity index (χ2v) is 4.60. The molecule has 0 aromatic heterocycles. The highest BCUT2D eigenvalue weighted by molar-refractivity contribution is 6.43. The van der Waals surface area contributed by atoms with E-state index in [0.717, 1.165) is 16.3 Å². The Balaban J connectivity index is 2.04. The number of carbonyl (C=O) groups excluding carboxylic acids is 2. The van der Waals surface area contributed by atoms with E-state index in [2.05, 4.69) is 12.1 Å². The largest absolute Gasteiger partial charge is 0.321 e. The first kappa shape index (κ1) is 11.0. The van der Waals surface area contributed by atoms with E-state index in [0.29, 0.717) is 0 Å². The Bertz CT molecular complexity index is 642. The van der Waals surface area contributed by atoms with Crippen molar-refractivity contribution in [3.63, 3.8) is 0 Å². The van der Waals surface area contributed by atoms with Gasteiger partial charge in [0.25, 0.3) is 5.91 Å². The van der Waals surface area contributed by atoms with Gasteiger partial charge in [-0.15, -0.1) is 0 Å². The van der Waals surface area contributed by atoms with Crippen LogP contribution in [0.2, 0.25) is 0 Å². The maximum Gasteiger partial charge on any atom is 0.292 e. The molecule has 3 heteroatoms. The lowest BCUT2D eigenvalue weighted by Gasteiger charge is -2.35. The van der Waals surface area contributed by atoms with Crippen molar-refractivity contribution in [1.82, 2.24) is 4.90 Å². The highest BCUT2D eigenvalue weighted by atomic mass is 16.2. The van der Waals surface area contributed by atoms with Gasteiger partial charge in [0, 0.05) is 0 Å². The Labute approximate surface area is 105 Å². The number of hydrogen-bond acceptors (Lipinski definition) is 2. The Morgan fingerprint density at radius 1 is 1.06 bits per heavy atom. The van der Waals surface area contributed by atoms with Gasteiger partial charge >= 0.3 is 0 Å². The second kappa shape index (κ2) is 3.95. The quantitative estimate of drug-likeness (QED) is 0.595. The molecule has 0 bridgehead atoms. The highest BCUT2D eigenvalue weighted by Gasteiger charge is 2.38. The number of likely N-dealkylation sites (tertiary alicyclic amines) is 1. The fourth-order valence-electron chi connectivity index (χ4n) is 2.46. The lowest BCUT2D eigenvalue weighted by atomic mass is 9.96. The SMILES string of the molecule is C[C@H](c1cccc2ccccc12)N1CC(=O)C1=O. The van der Waals surface area contributed by atoms with Crippen molar-refractivity contribution in [3.8, 4) is 0 Å². The predicted molar refractivity (Wildman–Crippen MR) is 69.1 cm³/mol. The monoisotopic (exact) mass is 239 g/mol. The summed E-state index contributed by atoms with van der Waals surface area (Å²) >= 11 is 0. The standard InChI is InChI=1S/C15H13NO2/c1-10(16-9-14(17)15(16)18)12-8-4-6-11-5-2-3-7-13(11)12/h2-8,10H,9H2,1H3/t10-/m1/s1. The molecule has 1 saturated heterocycles. The summed E-state index contributed by atoms with van der Waals surface area (Å²) in [6.45, 7) is 2.20. The number of hydrogen-bond donors (Lipinski definition) is 0. The number of amides is 1. The van der Waals surface area contributed by atoms with Crippen LogP contribution in [-0.4, -0.2) is 23.1 Å². The fraction of sp³-hybridized carbons (Fsp3) is 0.200. The molecule has 0 spiro atoms. The first-order chi connectivity index (χ1) is 8.68. The topological polar surface area (TPSA) is 37.4 Å². The summed E-state index contributed by atoms with van der Waals surface area (Å²) in [6.07, 6.45) is 0. The molecular formula is C15H13NO2. The maximum absolute atomic E-state index is 11.5. The Hall–Kier alpha value is -2.16. The lowest BCUT2D eigenvalue weighted by molar-refractivity contribution is -0.157. The van der Waals surface area contributed by atoms with Gasteiger partial charge in [0.2, 0.25) is 5.78 Å². The maximum atomic E-state index is 11.5. The fourth-order valence-corrected chi connectivity index (χ4v) is 2.46. The normalized spacial score (nSPS) is 16.8. The minimum atomic E-state index is -0.365. The van der Waals surface area contributed by atoms with Gasteiger partial charge in [-0.05, 0) is 23.3 Å². The lowest BCUT2D eigenvalue weighted by Crippen LogP contribution is -2.53. The van der Waals surface area contributed by atoms with Crippen LogP contribution in [0, 0.1) is 0 Å². The van der Waals surface area contributed by atoms with Crippen molar-refractivity contribution >= 4 is 22.5 Å². The van der Waals surface area contributed by atoms with Crippen LogP contribution in [-0.2, 0) is 9.59 Å². The zero-order valence-corrected chi connectivity index (χ0v) is 10.1. The van der Waals surface area contributed by atoms with Gasteiger partial charge < -0.3 is 4.90 Å². The van der Waals surface area contributed by atoms with E-state index in [4.69, 9.17) is 0 Å². The van der Waals surface area contributed by atoms with E-state index in [1.807, 2.05) is 37.3 Å². The van der Waals surface area contributed by atoms with E-state index in [1.165, 1.54) is 0 Å². The van der Waals surface area contributed by atoms with Crippen LogP contribution in [0.1, 0.15) is 18.5 Å². The number of ketones is 1. The average Bonchev–Trinajstić information content (AvgIpc) is 2.43. The zero-order valence-electron chi connectivity index (χ0n) is 10.1. The molecule has 3 rings (SSSR count). The number of fused-ring (bicyclic) bond motifs is 1. The summed E-state index contributed by atoms with van der Waals surface area (Å²) < 4.78 is 0. The van der Waals surface area contributed by atoms with Crippen molar-refractivity contribution in [2.24, 2.45) is 0 Å². The van der Waals surface area contributed by atoms with Crippen LogP contribution in [0.25, 0.3) is 10.8 Å². The molecular weight excluding hydrogens is 226 g/mol. The van der Waals surface area contributed by atoms with Crippen LogP contribution in [0.15, 0.2) is 42.5 Å². The van der Waals surface area contributed by atoms with E-state index < -0.39 is 0 Å². The molecule has 90 valence electrons. The third-order valence-electron chi connectivity index (χ3n) is 3.55. The molecule has 3 nitrogen and oxygen atoms in total. The van der Waals surface area contributed by atoms with Crippen LogP contribution in [0.5, 0.6) is 0 Å². The first-order valence-electron chi connectivity index (χ1n) is 6.00. The summed E-state index contributed by atoms with van der Waals surface area (Å²) in [4.78, 5) is 24.2. The van der Waals surface area contributed by atoms with Gasteiger partial charge in [-0.25, -0.2) is 0 Å². The number of β-lactam (4-membered cyclic amide) rings is 1. The number of carbonyl (C=O) groups is 2. The molecule has 1 amide bonds. The molecule has 0 aliphatic carbocycles. The van der Waals surface area contributed by atoms with Gasteiger partial charge in [-0.3, -0.25) is 9.59 Å². The van der Waals surface area contributed by atoms with Crippen molar-refractivity contribution in [2.45, 2.75) is 13.0 Å². The summed E-state index contributed by atoms with van der Waals surface area (Å²) in [5.41, 5.74) is 1.09. The second-order valence-electron chi connectivity index (χ2n) is 4.60. The molecule has 1 aliphatic rings. The molecule has 0 unspecified atom stereocenters. The molecule has 2 aromatic carbocycles. The minimum Gasteiger partial charge on any atom is -0.321 e. The van der Waals surface area contributed by atoms with Crippen molar-refractivity contribution in [3.05, 3.63) is 48.0 Å². The molecule has 0 radical (unpaired) electrons. The van der Waals surface area contributed by atoms with Crippen LogP contribution in [0.3, 0.4) is 0 Å².